The third kappa shape index (κ3) is 4.08. The highest BCUT2D eigenvalue weighted by Crippen LogP contribution is 2.21. The topological polar surface area (TPSA) is 102 Å². The maximum absolute atomic E-state index is 12.7. The van der Waals surface area contributed by atoms with Crippen molar-refractivity contribution in [3.05, 3.63) is 41.2 Å². The van der Waals surface area contributed by atoms with E-state index in [2.05, 4.69) is 10.2 Å². The molecular formula is C18H21N3O5. The first-order valence-corrected chi connectivity index (χ1v) is 8.06. The Hall–Kier alpha value is -3.16. The van der Waals surface area contributed by atoms with Crippen LogP contribution in [0.25, 0.3) is 0 Å². The summed E-state index contributed by atoms with van der Waals surface area (Å²) in [6, 6.07) is 6.74. The second-order valence-corrected chi connectivity index (χ2v) is 5.52. The summed E-state index contributed by atoms with van der Waals surface area (Å²) in [5.74, 6) is -0.770. The number of amides is 1. The summed E-state index contributed by atoms with van der Waals surface area (Å²) < 4.78 is 10.1. The maximum atomic E-state index is 12.7. The van der Waals surface area contributed by atoms with Crippen molar-refractivity contribution >= 4 is 23.3 Å². The van der Waals surface area contributed by atoms with Crippen LogP contribution in [0.1, 0.15) is 40.4 Å². The number of methoxy groups -OCH3 is 1. The van der Waals surface area contributed by atoms with E-state index in [0.29, 0.717) is 17.1 Å². The molecule has 2 rings (SSSR count). The Bertz CT molecular complexity index is 811. The van der Waals surface area contributed by atoms with E-state index in [0.717, 1.165) is 0 Å². The number of aromatic nitrogens is 2. The van der Waals surface area contributed by atoms with Gasteiger partial charge >= 0.3 is 5.97 Å². The van der Waals surface area contributed by atoms with Crippen LogP contribution in [0.4, 0.5) is 5.69 Å². The summed E-state index contributed by atoms with van der Waals surface area (Å²) in [7, 11) is 1.54. The Labute approximate surface area is 151 Å². The molecule has 26 heavy (non-hydrogen) atoms. The number of benzene rings is 1. The van der Waals surface area contributed by atoms with Crippen LogP contribution in [0.2, 0.25) is 0 Å². The first-order valence-electron chi connectivity index (χ1n) is 8.06. The van der Waals surface area contributed by atoms with Crippen molar-refractivity contribution in [1.29, 1.82) is 0 Å². The van der Waals surface area contributed by atoms with Crippen LogP contribution >= 0.6 is 0 Å². The molecule has 1 heterocycles. The minimum Gasteiger partial charge on any atom is -0.497 e. The molecular weight excluding hydrogens is 338 g/mol. The van der Waals surface area contributed by atoms with Crippen LogP contribution < -0.4 is 9.64 Å². The van der Waals surface area contributed by atoms with Gasteiger partial charge in [-0.3, -0.25) is 14.7 Å². The number of Topliss-reactive ketones (excluding diaryl/α,β-unsaturated/α-hetero) is 1. The summed E-state index contributed by atoms with van der Waals surface area (Å²) in [5, 5.41) is 6.54. The van der Waals surface area contributed by atoms with Crippen LogP contribution in [0.3, 0.4) is 0 Å². The molecule has 0 unspecified atom stereocenters. The number of rotatable bonds is 7. The van der Waals surface area contributed by atoms with Gasteiger partial charge in [0.25, 0.3) is 0 Å². The van der Waals surface area contributed by atoms with Gasteiger partial charge in [-0.2, -0.15) is 5.10 Å². The zero-order valence-corrected chi connectivity index (χ0v) is 15.2. The molecule has 1 aromatic carbocycles. The summed E-state index contributed by atoms with van der Waals surface area (Å²) in [4.78, 5) is 38.1. The number of anilines is 1. The molecule has 0 aliphatic carbocycles. The summed E-state index contributed by atoms with van der Waals surface area (Å²) in [5.41, 5.74) is 1.03. The summed E-state index contributed by atoms with van der Waals surface area (Å²) in [6.45, 7) is 4.60. The highest BCUT2D eigenvalue weighted by atomic mass is 16.5. The maximum Gasteiger partial charge on any atom is 0.342 e. The highest BCUT2D eigenvalue weighted by molar-refractivity contribution is 6.09. The van der Waals surface area contributed by atoms with E-state index < -0.39 is 11.8 Å². The van der Waals surface area contributed by atoms with Crippen LogP contribution in [-0.2, 0) is 9.53 Å². The molecule has 138 valence electrons. The molecule has 0 radical (unpaired) electrons. The number of hydrogen-bond donors (Lipinski definition) is 1. The number of hydrogen-bond acceptors (Lipinski definition) is 6. The molecule has 0 aliphatic heterocycles. The van der Waals surface area contributed by atoms with Gasteiger partial charge < -0.3 is 14.4 Å². The first-order chi connectivity index (χ1) is 12.4. The molecule has 0 aliphatic rings. The van der Waals surface area contributed by atoms with E-state index >= 15 is 0 Å². The number of nitrogens with zero attached hydrogens (tertiary/aromatic N) is 2. The number of carbonyl (C=O) groups is 3. The monoisotopic (exact) mass is 359 g/mol. The quantitative estimate of drug-likeness (QED) is 0.600. The summed E-state index contributed by atoms with van der Waals surface area (Å²) >= 11 is 0. The zero-order valence-electron chi connectivity index (χ0n) is 15.2. The molecule has 8 heteroatoms. The molecule has 1 aromatic heterocycles. The van der Waals surface area contributed by atoms with Crippen molar-refractivity contribution in [1.82, 2.24) is 10.2 Å². The predicted molar refractivity (Wildman–Crippen MR) is 94.6 cm³/mol. The van der Waals surface area contributed by atoms with Crippen molar-refractivity contribution in [3.63, 3.8) is 0 Å². The van der Waals surface area contributed by atoms with E-state index in [-0.39, 0.29) is 30.3 Å². The second-order valence-electron chi connectivity index (χ2n) is 5.52. The lowest BCUT2D eigenvalue weighted by molar-refractivity contribution is -0.116. The van der Waals surface area contributed by atoms with Gasteiger partial charge in [0.1, 0.15) is 17.0 Å². The number of aromatic amines is 1. The normalized spacial score (nSPS) is 10.3. The van der Waals surface area contributed by atoms with Crippen LogP contribution in [-0.4, -0.2) is 48.1 Å². The average Bonchev–Trinajstić information content (AvgIpc) is 3.01. The Kier molecular flexibility index (Phi) is 6.11. The molecule has 0 saturated heterocycles. The summed E-state index contributed by atoms with van der Waals surface area (Å²) in [6.07, 6.45) is 0. The van der Waals surface area contributed by atoms with Crippen molar-refractivity contribution in [2.24, 2.45) is 0 Å². The largest absolute Gasteiger partial charge is 0.497 e. The minimum absolute atomic E-state index is 0.0410. The molecule has 1 amide bonds. The van der Waals surface area contributed by atoms with Crippen molar-refractivity contribution in [2.75, 3.05) is 25.2 Å². The fourth-order valence-electron chi connectivity index (χ4n) is 2.45. The lowest BCUT2D eigenvalue weighted by Gasteiger charge is -2.20. The van der Waals surface area contributed by atoms with Crippen molar-refractivity contribution in [2.45, 2.75) is 20.8 Å². The fraction of sp³-hybridized carbons (Fsp3) is 0.333. The highest BCUT2D eigenvalue weighted by Gasteiger charge is 2.26. The van der Waals surface area contributed by atoms with Gasteiger partial charge in [-0.1, -0.05) is 0 Å². The van der Waals surface area contributed by atoms with Crippen LogP contribution in [0.15, 0.2) is 24.3 Å². The van der Waals surface area contributed by atoms with E-state index in [1.807, 2.05) is 0 Å². The Balaban J connectivity index is 2.28. The third-order valence-corrected chi connectivity index (χ3v) is 3.76. The van der Waals surface area contributed by atoms with E-state index in [1.54, 1.807) is 38.1 Å². The lowest BCUT2D eigenvalue weighted by atomic mass is 10.1. The van der Waals surface area contributed by atoms with Crippen molar-refractivity contribution < 1.29 is 23.9 Å². The number of esters is 1. The fourth-order valence-corrected chi connectivity index (χ4v) is 2.45. The standard InChI is InChI=1S/C18H21N3O5/c1-5-26-18(24)16-11(2)19-20-17(16)15(23)10-21(12(3)22)13-6-8-14(25-4)9-7-13/h6-9H,5,10H2,1-4H3,(H,19,20). The van der Waals surface area contributed by atoms with Gasteiger partial charge in [0.15, 0.2) is 0 Å². The Morgan fingerprint density at radius 2 is 1.85 bits per heavy atom. The zero-order chi connectivity index (χ0) is 19.3. The molecule has 0 saturated carbocycles. The van der Waals surface area contributed by atoms with Gasteiger partial charge in [0.2, 0.25) is 11.7 Å². The molecule has 8 nitrogen and oxygen atoms in total. The molecule has 1 N–H and O–H groups in total. The van der Waals surface area contributed by atoms with Crippen LogP contribution in [0, 0.1) is 6.92 Å². The third-order valence-electron chi connectivity index (χ3n) is 3.76. The SMILES string of the molecule is CCOC(=O)c1c(C(=O)CN(C(C)=O)c2ccc(OC)cc2)n[nH]c1C. The van der Waals surface area contributed by atoms with Gasteiger partial charge in [-0.05, 0) is 38.1 Å². The molecule has 2 aromatic rings. The van der Waals surface area contributed by atoms with E-state index in [9.17, 15) is 14.4 Å². The smallest absolute Gasteiger partial charge is 0.342 e. The number of H-pyrrole nitrogens is 1. The van der Waals surface area contributed by atoms with Gasteiger partial charge in [0, 0.05) is 18.3 Å². The molecule has 0 spiro atoms. The Morgan fingerprint density at radius 3 is 2.38 bits per heavy atom. The number of nitrogens with one attached hydrogen (secondary N) is 1. The lowest BCUT2D eigenvalue weighted by Crippen LogP contribution is -2.34. The number of aryl methyl sites for hydroxylation is 1. The van der Waals surface area contributed by atoms with Gasteiger partial charge in [-0.25, -0.2) is 4.79 Å². The number of ether oxygens (including phenoxy) is 2. The van der Waals surface area contributed by atoms with Gasteiger partial charge in [0.05, 0.1) is 20.3 Å². The van der Waals surface area contributed by atoms with E-state index in [1.165, 1.54) is 18.9 Å². The predicted octanol–water partition coefficient (Wildman–Crippen LogP) is 2.14. The van der Waals surface area contributed by atoms with Crippen molar-refractivity contribution in [3.8, 4) is 5.75 Å². The molecule has 0 bridgehead atoms. The molecule has 0 atom stereocenters. The second kappa shape index (κ2) is 8.28. The Morgan fingerprint density at radius 1 is 1.19 bits per heavy atom. The van der Waals surface area contributed by atoms with E-state index in [4.69, 9.17) is 9.47 Å². The first kappa shape index (κ1) is 19.2. The number of ketones is 1. The number of carbonyl (C=O) groups excluding carboxylic acids is 3. The minimum atomic E-state index is -0.624. The molecule has 0 fully saturated rings. The van der Waals surface area contributed by atoms with Gasteiger partial charge in [-0.15, -0.1) is 0 Å². The average molecular weight is 359 g/mol. The van der Waals surface area contributed by atoms with Crippen LogP contribution in [0.5, 0.6) is 5.75 Å².